The first-order chi connectivity index (χ1) is 11.0. The predicted molar refractivity (Wildman–Crippen MR) is 89.7 cm³/mol. The molecule has 2 N–H and O–H groups in total. The molecule has 0 saturated heterocycles. The molecule has 126 valence electrons. The van der Waals surface area contributed by atoms with Crippen LogP contribution in [-0.4, -0.2) is 10.1 Å². The topological polar surface area (TPSA) is 64.9 Å². The van der Waals surface area contributed by atoms with E-state index in [1.54, 1.807) is 38.1 Å². The van der Waals surface area contributed by atoms with Crippen LogP contribution in [0.3, 0.4) is 0 Å². The molecular formula is C17H16ClF2N3O. The molecule has 0 aliphatic rings. The Balaban J connectivity index is 0.00000208. The second kappa shape index (κ2) is 7.07. The number of nitrogens with two attached hydrogens (primary N) is 1. The zero-order chi connectivity index (χ0) is 16.6. The number of aromatic nitrogens is 2. The van der Waals surface area contributed by atoms with Gasteiger partial charge in [0.15, 0.2) is 5.82 Å². The fraction of sp³-hybridized carbons (Fsp3) is 0.176. The molecule has 3 aromatic rings. The predicted octanol–water partition coefficient (Wildman–Crippen LogP) is 4.43. The molecule has 1 aromatic heterocycles. The SMILES string of the molecule is Cc1noc(-c2c(F)cccc2-c2ccc([C@@H](C)N)c(F)c2)n1.Cl. The maximum absolute atomic E-state index is 14.3. The number of rotatable bonds is 3. The minimum absolute atomic E-state index is 0. The van der Waals surface area contributed by atoms with Crippen LogP contribution in [0.4, 0.5) is 8.78 Å². The average molecular weight is 352 g/mol. The van der Waals surface area contributed by atoms with Crippen molar-refractivity contribution in [2.75, 3.05) is 0 Å². The lowest BCUT2D eigenvalue weighted by Crippen LogP contribution is -2.07. The molecule has 0 spiro atoms. The summed E-state index contributed by atoms with van der Waals surface area (Å²) in [6.07, 6.45) is 0. The lowest BCUT2D eigenvalue weighted by molar-refractivity contribution is 0.423. The van der Waals surface area contributed by atoms with E-state index in [2.05, 4.69) is 10.1 Å². The Morgan fingerprint density at radius 3 is 2.46 bits per heavy atom. The summed E-state index contributed by atoms with van der Waals surface area (Å²) < 4.78 is 33.6. The van der Waals surface area contributed by atoms with E-state index in [9.17, 15) is 8.78 Å². The van der Waals surface area contributed by atoms with Gasteiger partial charge in [-0.1, -0.05) is 29.4 Å². The Hall–Kier alpha value is -2.31. The molecule has 7 heteroatoms. The van der Waals surface area contributed by atoms with Crippen molar-refractivity contribution in [3.63, 3.8) is 0 Å². The highest BCUT2D eigenvalue weighted by molar-refractivity contribution is 5.85. The molecule has 0 bridgehead atoms. The van der Waals surface area contributed by atoms with Crippen LogP contribution in [0, 0.1) is 18.6 Å². The summed E-state index contributed by atoms with van der Waals surface area (Å²) in [4.78, 5) is 4.06. The van der Waals surface area contributed by atoms with Crippen molar-refractivity contribution in [2.24, 2.45) is 5.73 Å². The van der Waals surface area contributed by atoms with Crippen molar-refractivity contribution in [1.29, 1.82) is 0 Å². The minimum Gasteiger partial charge on any atom is -0.334 e. The molecule has 0 fully saturated rings. The number of benzene rings is 2. The van der Waals surface area contributed by atoms with E-state index < -0.39 is 17.7 Å². The van der Waals surface area contributed by atoms with Crippen molar-refractivity contribution < 1.29 is 13.3 Å². The molecule has 0 radical (unpaired) electrons. The molecule has 1 heterocycles. The van der Waals surface area contributed by atoms with Crippen molar-refractivity contribution in [2.45, 2.75) is 19.9 Å². The molecule has 1 atom stereocenters. The summed E-state index contributed by atoms with van der Waals surface area (Å²) in [6.45, 7) is 3.34. The fourth-order valence-corrected chi connectivity index (χ4v) is 2.44. The summed E-state index contributed by atoms with van der Waals surface area (Å²) in [5, 5.41) is 3.68. The molecule has 0 aliphatic heterocycles. The third kappa shape index (κ3) is 3.29. The van der Waals surface area contributed by atoms with Crippen LogP contribution in [0.15, 0.2) is 40.9 Å². The van der Waals surface area contributed by atoms with E-state index in [1.165, 1.54) is 12.1 Å². The lowest BCUT2D eigenvalue weighted by Gasteiger charge is -2.11. The average Bonchev–Trinajstić information content (AvgIpc) is 2.92. The molecule has 2 aromatic carbocycles. The molecule has 24 heavy (non-hydrogen) atoms. The third-order valence-corrected chi connectivity index (χ3v) is 3.56. The van der Waals surface area contributed by atoms with E-state index in [4.69, 9.17) is 10.3 Å². The Bertz CT molecular complexity index is 865. The number of aryl methyl sites for hydroxylation is 1. The van der Waals surface area contributed by atoms with Crippen LogP contribution < -0.4 is 5.73 Å². The van der Waals surface area contributed by atoms with Crippen molar-refractivity contribution in [3.05, 3.63) is 59.4 Å². The standard InChI is InChI=1S/C17H15F2N3O.ClH/c1-9(20)12-7-6-11(8-15(12)19)13-4-3-5-14(18)16(13)17-21-10(2)22-23-17;/h3-9H,20H2,1-2H3;1H/t9-;/m1./s1. The quantitative estimate of drug-likeness (QED) is 0.758. The van der Waals surface area contributed by atoms with Gasteiger partial charge in [0.25, 0.3) is 5.89 Å². The fourth-order valence-electron chi connectivity index (χ4n) is 2.44. The van der Waals surface area contributed by atoms with Gasteiger partial charge >= 0.3 is 0 Å². The number of hydrogen-bond donors (Lipinski definition) is 1. The zero-order valence-corrected chi connectivity index (χ0v) is 13.9. The second-order valence-corrected chi connectivity index (χ2v) is 5.33. The van der Waals surface area contributed by atoms with Crippen LogP contribution in [0.2, 0.25) is 0 Å². The molecule has 0 aliphatic carbocycles. The van der Waals surface area contributed by atoms with Gasteiger partial charge in [0, 0.05) is 11.6 Å². The minimum atomic E-state index is -0.511. The highest BCUT2D eigenvalue weighted by Crippen LogP contribution is 2.34. The van der Waals surface area contributed by atoms with Gasteiger partial charge in [-0.15, -0.1) is 12.4 Å². The van der Waals surface area contributed by atoms with E-state index in [0.717, 1.165) is 0 Å². The van der Waals surface area contributed by atoms with Gasteiger partial charge in [-0.3, -0.25) is 0 Å². The normalized spacial score (nSPS) is 11.9. The Labute approximate surface area is 144 Å². The highest BCUT2D eigenvalue weighted by atomic mass is 35.5. The van der Waals surface area contributed by atoms with Gasteiger partial charge in [0.05, 0.1) is 5.56 Å². The summed E-state index contributed by atoms with van der Waals surface area (Å²) in [5.74, 6) is -0.489. The summed E-state index contributed by atoms with van der Waals surface area (Å²) in [5.41, 5.74) is 7.26. The maximum Gasteiger partial charge on any atom is 0.261 e. The number of nitrogens with zero attached hydrogens (tertiary/aromatic N) is 2. The van der Waals surface area contributed by atoms with Crippen LogP contribution in [0.5, 0.6) is 0 Å². The summed E-state index contributed by atoms with van der Waals surface area (Å²) in [7, 11) is 0. The third-order valence-electron chi connectivity index (χ3n) is 3.56. The van der Waals surface area contributed by atoms with Gasteiger partial charge in [0.2, 0.25) is 0 Å². The largest absolute Gasteiger partial charge is 0.334 e. The second-order valence-electron chi connectivity index (χ2n) is 5.33. The van der Waals surface area contributed by atoms with Gasteiger partial charge in [-0.05, 0) is 37.1 Å². The lowest BCUT2D eigenvalue weighted by atomic mass is 9.96. The molecule has 0 saturated carbocycles. The van der Waals surface area contributed by atoms with Gasteiger partial charge in [-0.25, -0.2) is 8.78 Å². The first-order valence-corrected chi connectivity index (χ1v) is 7.12. The summed E-state index contributed by atoms with van der Waals surface area (Å²) in [6, 6.07) is 8.74. The zero-order valence-electron chi connectivity index (χ0n) is 13.1. The first kappa shape index (κ1) is 18.0. The highest BCUT2D eigenvalue weighted by Gasteiger charge is 2.19. The molecule has 0 unspecified atom stereocenters. The van der Waals surface area contributed by atoms with Crippen molar-refractivity contribution in [3.8, 4) is 22.6 Å². The van der Waals surface area contributed by atoms with Gasteiger partial charge in [0.1, 0.15) is 11.6 Å². The van der Waals surface area contributed by atoms with E-state index >= 15 is 0 Å². The van der Waals surface area contributed by atoms with Gasteiger partial charge < -0.3 is 10.3 Å². The van der Waals surface area contributed by atoms with E-state index in [-0.39, 0.29) is 23.9 Å². The molecule has 3 rings (SSSR count). The summed E-state index contributed by atoms with van der Waals surface area (Å²) >= 11 is 0. The Kier molecular flexibility index (Phi) is 5.31. The van der Waals surface area contributed by atoms with Crippen LogP contribution >= 0.6 is 12.4 Å². The van der Waals surface area contributed by atoms with Crippen LogP contribution in [-0.2, 0) is 0 Å². The first-order valence-electron chi connectivity index (χ1n) is 7.12. The Morgan fingerprint density at radius 1 is 1.12 bits per heavy atom. The molecular weight excluding hydrogens is 336 g/mol. The van der Waals surface area contributed by atoms with Crippen LogP contribution in [0.25, 0.3) is 22.6 Å². The van der Waals surface area contributed by atoms with Crippen molar-refractivity contribution >= 4 is 12.4 Å². The Morgan fingerprint density at radius 2 is 1.88 bits per heavy atom. The molecule has 4 nitrogen and oxygen atoms in total. The monoisotopic (exact) mass is 351 g/mol. The van der Waals surface area contributed by atoms with Crippen molar-refractivity contribution in [1.82, 2.24) is 10.1 Å². The molecule has 0 amide bonds. The van der Waals surface area contributed by atoms with Gasteiger partial charge in [-0.2, -0.15) is 4.98 Å². The number of halogens is 3. The maximum atomic E-state index is 14.3. The van der Waals surface area contributed by atoms with E-state index in [0.29, 0.717) is 22.5 Å². The van der Waals surface area contributed by atoms with E-state index in [1.807, 2.05) is 0 Å². The number of hydrogen-bond acceptors (Lipinski definition) is 4. The van der Waals surface area contributed by atoms with Crippen LogP contribution in [0.1, 0.15) is 24.4 Å². The smallest absolute Gasteiger partial charge is 0.261 e.